The molecule has 100 valence electrons. The Bertz CT molecular complexity index is 570. The van der Waals surface area contributed by atoms with Gasteiger partial charge < -0.3 is 10.3 Å². The number of benzene rings is 1. The van der Waals surface area contributed by atoms with Crippen LogP contribution in [0.25, 0.3) is 11.3 Å². The molecule has 2 aromatic rings. The molecule has 1 heterocycles. The fourth-order valence-electron chi connectivity index (χ4n) is 2.31. The van der Waals surface area contributed by atoms with Gasteiger partial charge in [-0.05, 0) is 31.4 Å². The Labute approximate surface area is 114 Å². The van der Waals surface area contributed by atoms with Gasteiger partial charge in [0, 0.05) is 17.9 Å². The van der Waals surface area contributed by atoms with Crippen molar-refractivity contribution in [3.8, 4) is 11.3 Å². The van der Waals surface area contributed by atoms with Gasteiger partial charge in [0.25, 0.3) is 5.91 Å². The molecule has 0 aliphatic heterocycles. The molecule has 2 rings (SSSR count). The zero-order valence-corrected chi connectivity index (χ0v) is 11.7. The van der Waals surface area contributed by atoms with Crippen LogP contribution in [0.2, 0.25) is 0 Å². The molecule has 3 heteroatoms. The van der Waals surface area contributed by atoms with Gasteiger partial charge in [0.2, 0.25) is 0 Å². The van der Waals surface area contributed by atoms with Gasteiger partial charge in [-0.3, -0.25) is 4.79 Å². The molecule has 0 unspecified atom stereocenters. The summed E-state index contributed by atoms with van der Waals surface area (Å²) in [6.07, 6.45) is 0.944. The molecule has 0 aliphatic carbocycles. The minimum Gasteiger partial charge on any atom is -0.358 e. The maximum absolute atomic E-state index is 12.2. The standard InChI is InChI=1S/C16H20N2O/c1-4-10-17-16(19)14-11(2)15(18-12(14)3)13-8-6-5-7-9-13/h5-9,18H,4,10H2,1-3H3,(H,17,19). The lowest BCUT2D eigenvalue weighted by Gasteiger charge is -2.04. The summed E-state index contributed by atoms with van der Waals surface area (Å²) in [5.41, 5.74) is 4.84. The van der Waals surface area contributed by atoms with Crippen LogP contribution in [0.1, 0.15) is 35.0 Å². The fourth-order valence-corrected chi connectivity index (χ4v) is 2.31. The summed E-state index contributed by atoms with van der Waals surface area (Å²) in [5.74, 6) is 0.00952. The minimum absolute atomic E-state index is 0.00952. The van der Waals surface area contributed by atoms with E-state index in [9.17, 15) is 4.79 Å². The summed E-state index contributed by atoms with van der Waals surface area (Å²) in [6.45, 7) is 6.70. The van der Waals surface area contributed by atoms with Crippen molar-refractivity contribution in [1.29, 1.82) is 0 Å². The number of carbonyl (C=O) groups excluding carboxylic acids is 1. The molecule has 1 aromatic carbocycles. The van der Waals surface area contributed by atoms with E-state index in [1.54, 1.807) is 0 Å². The third-order valence-electron chi connectivity index (χ3n) is 3.26. The molecule has 0 atom stereocenters. The molecule has 0 radical (unpaired) electrons. The topological polar surface area (TPSA) is 44.9 Å². The SMILES string of the molecule is CCCNC(=O)c1c(C)[nH]c(-c2ccccc2)c1C. The van der Waals surface area contributed by atoms with Crippen LogP contribution in [0, 0.1) is 13.8 Å². The summed E-state index contributed by atoms with van der Waals surface area (Å²) in [6, 6.07) is 10.1. The maximum Gasteiger partial charge on any atom is 0.253 e. The lowest BCUT2D eigenvalue weighted by Crippen LogP contribution is -2.24. The summed E-state index contributed by atoms with van der Waals surface area (Å²) in [5, 5.41) is 2.94. The number of aryl methyl sites for hydroxylation is 1. The first-order valence-electron chi connectivity index (χ1n) is 6.68. The van der Waals surface area contributed by atoms with Crippen LogP contribution in [0.15, 0.2) is 30.3 Å². The number of rotatable bonds is 4. The highest BCUT2D eigenvalue weighted by atomic mass is 16.1. The van der Waals surface area contributed by atoms with Crippen molar-refractivity contribution in [2.75, 3.05) is 6.54 Å². The largest absolute Gasteiger partial charge is 0.358 e. The second-order valence-electron chi connectivity index (χ2n) is 4.75. The van der Waals surface area contributed by atoms with Crippen LogP contribution in [-0.4, -0.2) is 17.4 Å². The van der Waals surface area contributed by atoms with Crippen LogP contribution in [0.3, 0.4) is 0 Å². The van der Waals surface area contributed by atoms with Gasteiger partial charge in [-0.25, -0.2) is 0 Å². The first kappa shape index (κ1) is 13.4. The Morgan fingerprint density at radius 2 is 1.89 bits per heavy atom. The quantitative estimate of drug-likeness (QED) is 0.864. The zero-order valence-electron chi connectivity index (χ0n) is 11.7. The second kappa shape index (κ2) is 5.74. The highest BCUT2D eigenvalue weighted by Crippen LogP contribution is 2.27. The summed E-state index contributed by atoms with van der Waals surface area (Å²) < 4.78 is 0. The Morgan fingerprint density at radius 3 is 2.53 bits per heavy atom. The molecule has 19 heavy (non-hydrogen) atoms. The number of hydrogen-bond donors (Lipinski definition) is 2. The third-order valence-corrected chi connectivity index (χ3v) is 3.26. The molecule has 2 N–H and O–H groups in total. The first-order chi connectivity index (χ1) is 9.15. The molecule has 0 bridgehead atoms. The normalized spacial score (nSPS) is 10.5. The lowest BCUT2D eigenvalue weighted by atomic mass is 10.0. The Hall–Kier alpha value is -2.03. The van der Waals surface area contributed by atoms with E-state index in [0.29, 0.717) is 6.54 Å². The molecule has 0 saturated heterocycles. The number of hydrogen-bond acceptors (Lipinski definition) is 1. The van der Waals surface area contributed by atoms with Gasteiger partial charge in [-0.15, -0.1) is 0 Å². The van der Waals surface area contributed by atoms with E-state index in [1.807, 2.05) is 51.1 Å². The van der Waals surface area contributed by atoms with Crippen LogP contribution in [0.5, 0.6) is 0 Å². The smallest absolute Gasteiger partial charge is 0.253 e. The molecule has 3 nitrogen and oxygen atoms in total. The molecule has 0 spiro atoms. The molecular weight excluding hydrogens is 236 g/mol. The molecule has 0 aliphatic rings. The van der Waals surface area contributed by atoms with Crippen molar-refractivity contribution in [2.45, 2.75) is 27.2 Å². The van der Waals surface area contributed by atoms with Gasteiger partial charge in [0.15, 0.2) is 0 Å². The van der Waals surface area contributed by atoms with Crippen molar-refractivity contribution in [3.05, 3.63) is 47.2 Å². The van der Waals surface area contributed by atoms with Crippen LogP contribution >= 0.6 is 0 Å². The van der Waals surface area contributed by atoms with Gasteiger partial charge in [-0.2, -0.15) is 0 Å². The summed E-state index contributed by atoms with van der Waals surface area (Å²) in [7, 11) is 0. The van der Waals surface area contributed by atoms with Gasteiger partial charge in [-0.1, -0.05) is 37.3 Å². The molecule has 0 saturated carbocycles. The predicted molar refractivity (Wildman–Crippen MR) is 78.3 cm³/mol. The third kappa shape index (κ3) is 2.70. The van der Waals surface area contributed by atoms with Crippen LogP contribution < -0.4 is 5.32 Å². The van der Waals surface area contributed by atoms with Crippen molar-refractivity contribution in [2.24, 2.45) is 0 Å². The summed E-state index contributed by atoms with van der Waals surface area (Å²) in [4.78, 5) is 15.5. The van der Waals surface area contributed by atoms with Crippen LogP contribution in [0.4, 0.5) is 0 Å². The molecular formula is C16H20N2O. The average Bonchev–Trinajstić information content (AvgIpc) is 2.72. The highest BCUT2D eigenvalue weighted by molar-refractivity contribution is 5.98. The van der Waals surface area contributed by atoms with E-state index in [1.165, 1.54) is 0 Å². The zero-order chi connectivity index (χ0) is 13.8. The first-order valence-corrected chi connectivity index (χ1v) is 6.68. The minimum atomic E-state index is 0.00952. The van der Waals surface area contributed by atoms with Crippen molar-refractivity contribution in [3.63, 3.8) is 0 Å². The lowest BCUT2D eigenvalue weighted by molar-refractivity contribution is 0.0952. The Balaban J connectivity index is 2.38. The van der Waals surface area contributed by atoms with E-state index < -0.39 is 0 Å². The van der Waals surface area contributed by atoms with Crippen molar-refractivity contribution < 1.29 is 4.79 Å². The van der Waals surface area contributed by atoms with E-state index in [-0.39, 0.29) is 5.91 Å². The van der Waals surface area contributed by atoms with Gasteiger partial charge >= 0.3 is 0 Å². The molecule has 1 amide bonds. The second-order valence-corrected chi connectivity index (χ2v) is 4.75. The van der Waals surface area contributed by atoms with Crippen LogP contribution in [-0.2, 0) is 0 Å². The Kier molecular flexibility index (Phi) is 4.05. The number of amides is 1. The van der Waals surface area contributed by atoms with Crippen molar-refractivity contribution >= 4 is 5.91 Å². The highest BCUT2D eigenvalue weighted by Gasteiger charge is 2.18. The van der Waals surface area contributed by atoms with E-state index in [2.05, 4.69) is 10.3 Å². The van der Waals surface area contributed by atoms with Gasteiger partial charge in [0.05, 0.1) is 5.56 Å². The predicted octanol–water partition coefficient (Wildman–Crippen LogP) is 3.44. The molecule has 0 fully saturated rings. The molecule has 1 aromatic heterocycles. The monoisotopic (exact) mass is 256 g/mol. The van der Waals surface area contributed by atoms with E-state index in [4.69, 9.17) is 0 Å². The number of aromatic nitrogens is 1. The van der Waals surface area contributed by atoms with E-state index >= 15 is 0 Å². The fraction of sp³-hybridized carbons (Fsp3) is 0.312. The van der Waals surface area contributed by atoms with E-state index in [0.717, 1.165) is 34.5 Å². The average molecular weight is 256 g/mol. The van der Waals surface area contributed by atoms with Gasteiger partial charge in [0.1, 0.15) is 0 Å². The van der Waals surface area contributed by atoms with Crippen molar-refractivity contribution in [1.82, 2.24) is 10.3 Å². The number of nitrogens with one attached hydrogen (secondary N) is 2. The maximum atomic E-state index is 12.2. The Morgan fingerprint density at radius 1 is 1.21 bits per heavy atom. The number of aromatic amines is 1. The summed E-state index contributed by atoms with van der Waals surface area (Å²) >= 11 is 0. The number of carbonyl (C=O) groups is 1. The number of H-pyrrole nitrogens is 1.